The smallest absolute Gasteiger partial charge is 0.0488 e. The summed E-state index contributed by atoms with van der Waals surface area (Å²) in [5.74, 6) is 0. The van der Waals surface area contributed by atoms with Crippen molar-refractivity contribution >= 4 is 23.1 Å². The Morgan fingerprint density at radius 1 is 1.22 bits per heavy atom. The summed E-state index contributed by atoms with van der Waals surface area (Å²) in [6, 6.07) is 13.1. The van der Waals surface area contributed by atoms with Gasteiger partial charge in [-0.2, -0.15) is 0 Å². The van der Waals surface area contributed by atoms with Crippen LogP contribution in [0.1, 0.15) is 29.2 Å². The van der Waals surface area contributed by atoms with Gasteiger partial charge < -0.3 is 9.80 Å². The molecule has 23 heavy (non-hydrogen) atoms. The maximum Gasteiger partial charge on any atom is 0.0488 e. The Balaban J connectivity index is 2.03. The molecule has 1 aliphatic rings. The van der Waals surface area contributed by atoms with Crippen molar-refractivity contribution in [3.05, 3.63) is 71.8 Å². The normalized spacial score (nSPS) is 13.2. The van der Waals surface area contributed by atoms with Crippen molar-refractivity contribution in [1.29, 1.82) is 0 Å². The highest BCUT2D eigenvalue weighted by Crippen LogP contribution is 2.39. The van der Waals surface area contributed by atoms with Crippen molar-refractivity contribution in [1.82, 2.24) is 0 Å². The maximum absolute atomic E-state index is 4.37. The molecule has 118 valence electrons. The van der Waals surface area contributed by atoms with Gasteiger partial charge in [0.1, 0.15) is 0 Å². The number of rotatable bonds is 4. The van der Waals surface area contributed by atoms with Crippen LogP contribution in [0.5, 0.6) is 0 Å². The molecule has 0 unspecified atom stereocenters. The third-order valence-electron chi connectivity index (χ3n) is 4.59. The molecule has 1 aliphatic heterocycles. The first-order chi connectivity index (χ1) is 11.1. The van der Waals surface area contributed by atoms with Gasteiger partial charge in [0.05, 0.1) is 0 Å². The van der Waals surface area contributed by atoms with Crippen molar-refractivity contribution in [2.75, 3.05) is 23.9 Å². The van der Waals surface area contributed by atoms with Crippen LogP contribution in [-0.4, -0.2) is 14.1 Å². The fraction of sp³-hybridized carbons (Fsp3) is 0.238. The highest BCUT2D eigenvalue weighted by molar-refractivity contribution is 5.87. The third-order valence-corrected chi connectivity index (χ3v) is 4.59. The van der Waals surface area contributed by atoms with E-state index in [9.17, 15) is 0 Å². The van der Waals surface area contributed by atoms with Crippen molar-refractivity contribution in [3.8, 4) is 0 Å². The number of aryl methyl sites for hydroxylation is 1. The molecule has 0 bridgehead atoms. The van der Waals surface area contributed by atoms with Gasteiger partial charge in [0.15, 0.2) is 0 Å². The number of nitrogens with zero attached hydrogens (tertiary/aromatic N) is 2. The molecule has 0 saturated heterocycles. The topological polar surface area (TPSA) is 6.48 Å². The summed E-state index contributed by atoms with van der Waals surface area (Å²) < 4.78 is 0. The number of benzene rings is 2. The summed E-state index contributed by atoms with van der Waals surface area (Å²) in [6.07, 6.45) is 2.94. The molecule has 0 spiro atoms. The molecule has 2 aromatic rings. The molecular formula is C21H24N2. The molecule has 0 atom stereocenters. The third kappa shape index (κ3) is 2.55. The van der Waals surface area contributed by atoms with E-state index < -0.39 is 0 Å². The minimum atomic E-state index is 0.891. The Kier molecular flexibility index (Phi) is 3.99. The van der Waals surface area contributed by atoms with E-state index in [0.717, 1.165) is 24.2 Å². The number of fused-ring (bicyclic) bond motifs is 1. The van der Waals surface area contributed by atoms with E-state index in [-0.39, 0.29) is 0 Å². The molecular weight excluding hydrogens is 280 g/mol. The molecule has 0 fully saturated rings. The standard InChI is InChI=1S/C21H24N2/c1-6-16-11-12-19(13-20(16)22(4)5)23-14-18-10-8-9-17(7-2)21(18)15(23)3/h6,8-13H,1,3,7,14H2,2,4-5H3. The van der Waals surface area contributed by atoms with Crippen LogP contribution in [0.3, 0.4) is 0 Å². The predicted molar refractivity (Wildman–Crippen MR) is 102 cm³/mol. The van der Waals surface area contributed by atoms with Crippen LogP contribution in [0.15, 0.2) is 49.6 Å². The molecule has 0 N–H and O–H groups in total. The second-order valence-corrected chi connectivity index (χ2v) is 6.18. The average molecular weight is 304 g/mol. The zero-order valence-corrected chi connectivity index (χ0v) is 14.3. The summed E-state index contributed by atoms with van der Waals surface area (Å²) in [5, 5.41) is 0. The number of anilines is 2. The highest BCUT2D eigenvalue weighted by atomic mass is 15.2. The Labute approximate surface area is 139 Å². The van der Waals surface area contributed by atoms with Gasteiger partial charge >= 0.3 is 0 Å². The molecule has 3 rings (SSSR count). The van der Waals surface area contributed by atoms with Crippen LogP contribution in [0, 0.1) is 0 Å². The molecule has 2 heteroatoms. The molecule has 0 amide bonds. The van der Waals surface area contributed by atoms with Crippen LogP contribution in [0.4, 0.5) is 11.4 Å². The van der Waals surface area contributed by atoms with Crippen LogP contribution in [-0.2, 0) is 13.0 Å². The van der Waals surface area contributed by atoms with Gasteiger partial charge in [-0.25, -0.2) is 0 Å². The molecule has 0 radical (unpaired) electrons. The zero-order valence-electron chi connectivity index (χ0n) is 14.3. The van der Waals surface area contributed by atoms with E-state index in [2.05, 4.69) is 80.4 Å². The molecule has 2 nitrogen and oxygen atoms in total. The van der Waals surface area contributed by atoms with Gasteiger partial charge in [0.25, 0.3) is 0 Å². The van der Waals surface area contributed by atoms with Gasteiger partial charge in [-0.15, -0.1) is 0 Å². The van der Waals surface area contributed by atoms with E-state index in [1.807, 2.05) is 6.08 Å². The predicted octanol–water partition coefficient (Wildman–Crippen LogP) is 4.95. The second-order valence-electron chi connectivity index (χ2n) is 6.18. The molecule has 1 heterocycles. The zero-order chi connectivity index (χ0) is 16.6. The number of hydrogen-bond donors (Lipinski definition) is 0. The van der Waals surface area contributed by atoms with E-state index in [0.29, 0.717) is 0 Å². The summed E-state index contributed by atoms with van der Waals surface area (Å²) >= 11 is 0. The first kappa shape index (κ1) is 15.4. The van der Waals surface area contributed by atoms with Gasteiger partial charge in [0, 0.05) is 43.3 Å². The van der Waals surface area contributed by atoms with Crippen LogP contribution < -0.4 is 9.80 Å². The summed E-state index contributed by atoms with van der Waals surface area (Å²) in [6.45, 7) is 11.4. The van der Waals surface area contributed by atoms with Crippen molar-refractivity contribution in [2.24, 2.45) is 0 Å². The van der Waals surface area contributed by atoms with Gasteiger partial charge in [0.2, 0.25) is 0 Å². The maximum atomic E-state index is 4.37. The average Bonchev–Trinajstić information content (AvgIpc) is 2.91. The Hall–Kier alpha value is -2.48. The lowest BCUT2D eigenvalue weighted by Gasteiger charge is -2.24. The Morgan fingerprint density at radius 3 is 2.65 bits per heavy atom. The molecule has 0 saturated carbocycles. The summed E-state index contributed by atoms with van der Waals surface area (Å²) in [5.41, 5.74) is 8.69. The van der Waals surface area contributed by atoms with Crippen LogP contribution in [0.25, 0.3) is 11.8 Å². The molecule has 2 aromatic carbocycles. The molecule has 0 aliphatic carbocycles. The first-order valence-electron chi connectivity index (χ1n) is 8.08. The first-order valence-corrected chi connectivity index (χ1v) is 8.08. The lowest BCUT2D eigenvalue weighted by Crippen LogP contribution is -2.15. The summed E-state index contributed by atoms with van der Waals surface area (Å²) in [7, 11) is 4.13. The van der Waals surface area contributed by atoms with Crippen LogP contribution >= 0.6 is 0 Å². The largest absolute Gasteiger partial charge is 0.377 e. The Bertz CT molecular complexity index is 771. The second kappa shape index (κ2) is 5.96. The lowest BCUT2D eigenvalue weighted by molar-refractivity contribution is 1.03. The van der Waals surface area contributed by atoms with Gasteiger partial charge in [-0.05, 0) is 35.2 Å². The number of hydrogen-bond acceptors (Lipinski definition) is 2. The fourth-order valence-electron chi connectivity index (χ4n) is 3.36. The minimum Gasteiger partial charge on any atom is -0.377 e. The van der Waals surface area contributed by atoms with E-state index >= 15 is 0 Å². The van der Waals surface area contributed by atoms with Crippen molar-refractivity contribution < 1.29 is 0 Å². The minimum absolute atomic E-state index is 0.891. The Morgan fingerprint density at radius 2 is 2.00 bits per heavy atom. The SMILES string of the molecule is C=Cc1ccc(N2Cc3cccc(CC)c3C2=C)cc1N(C)C. The summed E-state index contributed by atoms with van der Waals surface area (Å²) in [4.78, 5) is 4.44. The highest BCUT2D eigenvalue weighted by Gasteiger charge is 2.25. The van der Waals surface area contributed by atoms with E-state index in [1.165, 1.54) is 28.1 Å². The van der Waals surface area contributed by atoms with Crippen LogP contribution in [0.2, 0.25) is 0 Å². The lowest BCUT2D eigenvalue weighted by atomic mass is 10.0. The van der Waals surface area contributed by atoms with E-state index in [4.69, 9.17) is 0 Å². The van der Waals surface area contributed by atoms with Crippen molar-refractivity contribution in [3.63, 3.8) is 0 Å². The monoisotopic (exact) mass is 304 g/mol. The van der Waals surface area contributed by atoms with Gasteiger partial charge in [-0.1, -0.05) is 50.4 Å². The fourth-order valence-corrected chi connectivity index (χ4v) is 3.36. The molecule has 0 aromatic heterocycles. The van der Waals surface area contributed by atoms with Gasteiger partial charge in [-0.3, -0.25) is 0 Å². The van der Waals surface area contributed by atoms with E-state index in [1.54, 1.807) is 0 Å². The quantitative estimate of drug-likeness (QED) is 0.788. The van der Waals surface area contributed by atoms with Crippen molar-refractivity contribution in [2.45, 2.75) is 19.9 Å².